The number of para-hydroxylation sites is 4. The van der Waals surface area contributed by atoms with E-state index in [-0.39, 0.29) is 13.4 Å². The number of ether oxygens (including phenoxy) is 2. The van der Waals surface area contributed by atoms with Crippen molar-refractivity contribution in [2.24, 2.45) is 0 Å². The van der Waals surface area contributed by atoms with E-state index in [1.807, 2.05) is 0 Å². The Bertz CT molecular complexity index is 3550. The first-order chi connectivity index (χ1) is 30.2. The Hall–Kier alpha value is -7.69. The topological polar surface area (TPSA) is 28.3 Å². The summed E-state index contributed by atoms with van der Waals surface area (Å²) in [6.45, 7) is 2.11. The van der Waals surface area contributed by atoms with Crippen molar-refractivity contribution in [3.05, 3.63) is 181 Å². The summed E-state index contributed by atoms with van der Waals surface area (Å²) in [5.74, 6) is 3.59. The summed E-state index contributed by atoms with van der Waals surface area (Å²) < 4.78 is 19.7. The van der Waals surface area contributed by atoms with E-state index in [0.717, 1.165) is 28.6 Å². The van der Waals surface area contributed by atoms with Gasteiger partial charge in [0.1, 0.15) is 23.0 Å². The molecule has 4 aliphatic rings. The van der Waals surface area contributed by atoms with Gasteiger partial charge in [0.2, 0.25) is 0 Å². The Morgan fingerprint density at radius 2 is 0.820 bits per heavy atom. The molecule has 0 aliphatic carbocycles. The number of hydrogen-bond donors (Lipinski definition) is 0. The van der Waals surface area contributed by atoms with E-state index in [0.29, 0.717) is 0 Å². The molecule has 0 N–H and O–H groups in total. The Kier molecular flexibility index (Phi) is 5.97. The SMILES string of the molecule is Cc1c2c(cc3c1Oc1cc(-c4ccccc4)c4c5ccccc5n5c4c1B3c1ccccc1-5)B1c3ccccc3-n3c4ccccc4c4c(-c5ccccc5)cc(c1c43)O2. The second-order valence-electron chi connectivity index (χ2n) is 17.1. The summed E-state index contributed by atoms with van der Waals surface area (Å²) in [7, 11) is 0. The summed E-state index contributed by atoms with van der Waals surface area (Å²) in [4.78, 5) is 0. The minimum Gasteiger partial charge on any atom is -0.458 e. The minimum atomic E-state index is -0.0461. The Labute approximate surface area is 352 Å². The second kappa shape index (κ2) is 11.3. The third-order valence-corrected chi connectivity index (χ3v) is 14.2. The van der Waals surface area contributed by atoms with Crippen molar-refractivity contribution in [3.8, 4) is 56.6 Å². The first-order valence-electron chi connectivity index (χ1n) is 21.3. The van der Waals surface area contributed by atoms with Gasteiger partial charge >= 0.3 is 0 Å². The van der Waals surface area contributed by atoms with Crippen molar-refractivity contribution in [1.82, 2.24) is 9.13 Å². The van der Waals surface area contributed by atoms with Gasteiger partial charge in [0.15, 0.2) is 0 Å². The molecular formula is C55H32B2N2O2. The van der Waals surface area contributed by atoms with Gasteiger partial charge in [-0.15, -0.1) is 0 Å². The fourth-order valence-corrected chi connectivity index (χ4v) is 11.8. The van der Waals surface area contributed by atoms with E-state index in [1.54, 1.807) is 0 Å². The van der Waals surface area contributed by atoms with Crippen LogP contribution in [0.1, 0.15) is 5.56 Å². The number of fused-ring (bicyclic) bond motifs is 16. The van der Waals surface area contributed by atoms with Crippen LogP contribution in [-0.4, -0.2) is 22.6 Å². The van der Waals surface area contributed by atoms with Crippen LogP contribution in [-0.2, 0) is 0 Å². The lowest BCUT2D eigenvalue weighted by Crippen LogP contribution is -2.62. The van der Waals surface area contributed by atoms with Crippen LogP contribution >= 0.6 is 0 Å². The molecule has 6 heteroatoms. The monoisotopic (exact) mass is 774 g/mol. The molecule has 4 aliphatic heterocycles. The Morgan fingerprint density at radius 1 is 0.410 bits per heavy atom. The smallest absolute Gasteiger partial charge is 0.256 e. The van der Waals surface area contributed by atoms with Gasteiger partial charge in [-0.1, -0.05) is 140 Å². The van der Waals surface area contributed by atoms with Crippen LogP contribution in [0.15, 0.2) is 176 Å². The summed E-state index contributed by atoms with van der Waals surface area (Å²) in [6, 6.07) is 64.4. The van der Waals surface area contributed by atoms with Gasteiger partial charge in [0.05, 0.1) is 22.1 Å². The third kappa shape index (κ3) is 3.90. The zero-order chi connectivity index (χ0) is 39.7. The maximum Gasteiger partial charge on any atom is 0.256 e. The lowest BCUT2D eigenvalue weighted by molar-refractivity contribution is 0.459. The molecule has 61 heavy (non-hydrogen) atoms. The molecule has 6 heterocycles. The molecule has 2 aromatic heterocycles. The van der Waals surface area contributed by atoms with E-state index in [2.05, 4.69) is 192 Å². The highest BCUT2D eigenvalue weighted by atomic mass is 16.5. The molecule has 0 amide bonds. The van der Waals surface area contributed by atoms with E-state index >= 15 is 0 Å². The Balaban J connectivity index is 1.06. The van der Waals surface area contributed by atoms with Crippen LogP contribution < -0.4 is 42.3 Å². The lowest BCUT2D eigenvalue weighted by atomic mass is 9.31. The molecule has 0 spiro atoms. The molecular weight excluding hydrogens is 742 g/mol. The van der Waals surface area contributed by atoms with Gasteiger partial charge < -0.3 is 18.6 Å². The largest absolute Gasteiger partial charge is 0.458 e. The third-order valence-electron chi connectivity index (χ3n) is 14.2. The molecule has 0 radical (unpaired) electrons. The zero-order valence-corrected chi connectivity index (χ0v) is 33.1. The van der Waals surface area contributed by atoms with Crippen LogP contribution in [0.3, 0.4) is 0 Å². The molecule has 9 aromatic carbocycles. The number of hydrogen-bond acceptors (Lipinski definition) is 2. The van der Waals surface area contributed by atoms with Crippen LogP contribution in [0, 0.1) is 6.92 Å². The Morgan fingerprint density at radius 3 is 1.30 bits per heavy atom. The van der Waals surface area contributed by atoms with E-state index < -0.39 is 0 Å². The second-order valence-corrected chi connectivity index (χ2v) is 17.1. The highest BCUT2D eigenvalue weighted by molar-refractivity contribution is 7.02. The number of rotatable bonds is 2. The predicted octanol–water partition coefficient (Wildman–Crippen LogP) is 9.39. The van der Waals surface area contributed by atoms with Crippen LogP contribution in [0.4, 0.5) is 0 Å². The molecule has 0 unspecified atom stereocenters. The summed E-state index contributed by atoms with van der Waals surface area (Å²) >= 11 is 0. The highest BCUT2D eigenvalue weighted by Crippen LogP contribution is 2.48. The fraction of sp³-hybridized carbons (Fsp3) is 0.0182. The molecule has 0 atom stereocenters. The van der Waals surface area contributed by atoms with Crippen LogP contribution in [0.2, 0.25) is 0 Å². The van der Waals surface area contributed by atoms with Gasteiger partial charge in [-0.25, -0.2) is 0 Å². The van der Waals surface area contributed by atoms with Crippen LogP contribution in [0.25, 0.3) is 77.2 Å². The maximum atomic E-state index is 7.36. The van der Waals surface area contributed by atoms with E-state index in [4.69, 9.17) is 9.47 Å². The average Bonchev–Trinajstić information content (AvgIpc) is 3.86. The molecule has 0 bridgehead atoms. The van der Waals surface area contributed by atoms with Gasteiger partial charge in [-0.3, -0.25) is 0 Å². The summed E-state index contributed by atoms with van der Waals surface area (Å²) in [5, 5.41) is 5.04. The standard InChI is InChI=1S/C55H32B2N2O2/c1-31-54-40(56-38-22-10-14-26-44(38)58-42-24-12-8-20-34(42)48-36(32-16-4-2-5-17-32)28-46(60-54)50(56)52(48)58)30-41-55(31)61-47-29-37(33-18-6-3-7-19-33)49-35-21-9-13-25-43(35)59-45-27-15-11-23-39(45)57(41)51(47)53(49)59/h2-30H,1H3. The van der Waals surface area contributed by atoms with Gasteiger partial charge in [0, 0.05) is 38.5 Å². The van der Waals surface area contributed by atoms with Crippen molar-refractivity contribution < 1.29 is 9.47 Å². The fourth-order valence-electron chi connectivity index (χ4n) is 11.8. The highest BCUT2D eigenvalue weighted by Gasteiger charge is 2.47. The summed E-state index contributed by atoms with van der Waals surface area (Å²) in [6.07, 6.45) is 0. The zero-order valence-electron chi connectivity index (χ0n) is 33.1. The van der Waals surface area contributed by atoms with Crippen molar-refractivity contribution >= 4 is 89.8 Å². The molecule has 15 rings (SSSR count). The quantitative estimate of drug-likeness (QED) is 0.164. The van der Waals surface area contributed by atoms with E-state index in [9.17, 15) is 0 Å². The predicted molar refractivity (Wildman–Crippen MR) is 253 cm³/mol. The van der Waals surface area contributed by atoms with Crippen molar-refractivity contribution in [2.75, 3.05) is 0 Å². The molecule has 4 nitrogen and oxygen atoms in total. The van der Waals surface area contributed by atoms with Crippen molar-refractivity contribution in [3.63, 3.8) is 0 Å². The summed E-state index contributed by atoms with van der Waals surface area (Å²) in [5.41, 5.74) is 20.4. The van der Waals surface area contributed by atoms with E-state index in [1.165, 1.54) is 110 Å². The lowest BCUT2D eigenvalue weighted by Gasteiger charge is -2.38. The molecule has 0 saturated carbocycles. The number of aromatic nitrogens is 2. The van der Waals surface area contributed by atoms with Gasteiger partial charge in [-0.2, -0.15) is 0 Å². The molecule has 0 fully saturated rings. The van der Waals surface area contributed by atoms with Gasteiger partial charge in [-0.05, 0) is 98.4 Å². The van der Waals surface area contributed by atoms with Gasteiger partial charge in [0.25, 0.3) is 13.4 Å². The molecule has 0 saturated heterocycles. The molecule has 280 valence electrons. The first kappa shape index (κ1) is 32.2. The van der Waals surface area contributed by atoms with Crippen molar-refractivity contribution in [1.29, 1.82) is 0 Å². The normalized spacial score (nSPS) is 13.5. The number of benzene rings is 9. The van der Waals surface area contributed by atoms with Crippen LogP contribution in [0.5, 0.6) is 23.0 Å². The number of nitrogens with zero attached hydrogens (tertiary/aromatic N) is 2. The minimum absolute atomic E-state index is 0.0461. The first-order valence-corrected chi connectivity index (χ1v) is 21.3. The van der Waals surface area contributed by atoms with Crippen molar-refractivity contribution in [2.45, 2.75) is 6.92 Å². The average molecular weight is 774 g/mol. The maximum absolute atomic E-state index is 7.36. The molecule has 11 aromatic rings.